The van der Waals surface area contributed by atoms with Gasteiger partial charge in [-0.1, -0.05) is 17.7 Å². The molecule has 170 valence electrons. The first-order chi connectivity index (χ1) is 15.3. The second-order valence-electron chi connectivity index (χ2n) is 6.78. The molecule has 1 amide bonds. The Kier molecular flexibility index (Phi) is 7.26. The van der Waals surface area contributed by atoms with Gasteiger partial charge in [-0.15, -0.1) is 11.3 Å². The Morgan fingerprint density at radius 1 is 0.969 bits per heavy atom. The minimum atomic E-state index is -3.94. The smallest absolute Gasteiger partial charge is 0.263 e. The Morgan fingerprint density at radius 2 is 1.59 bits per heavy atom. The summed E-state index contributed by atoms with van der Waals surface area (Å²) in [6.07, 6.45) is 0. The average Bonchev–Trinajstić information content (AvgIpc) is 3.29. The van der Waals surface area contributed by atoms with E-state index in [1.807, 2.05) is 6.92 Å². The van der Waals surface area contributed by atoms with Crippen molar-refractivity contribution in [1.82, 2.24) is 5.32 Å². The van der Waals surface area contributed by atoms with Crippen LogP contribution >= 0.6 is 11.3 Å². The molecule has 0 fully saturated rings. The van der Waals surface area contributed by atoms with E-state index in [0.717, 1.165) is 16.9 Å². The maximum atomic E-state index is 12.9. The molecule has 1 aromatic heterocycles. The molecule has 0 spiro atoms. The van der Waals surface area contributed by atoms with Crippen molar-refractivity contribution in [2.75, 3.05) is 26.1 Å². The Labute approximate surface area is 191 Å². The lowest BCUT2D eigenvalue weighted by Gasteiger charge is -2.15. The molecule has 8 nitrogen and oxygen atoms in total. The number of anilines is 1. The summed E-state index contributed by atoms with van der Waals surface area (Å²) in [5, 5.41) is 4.31. The Bertz CT molecular complexity index is 1180. The van der Waals surface area contributed by atoms with Crippen molar-refractivity contribution < 1.29 is 27.4 Å². The van der Waals surface area contributed by atoms with Crippen LogP contribution in [0.3, 0.4) is 0 Å². The van der Waals surface area contributed by atoms with E-state index in [0.29, 0.717) is 28.5 Å². The van der Waals surface area contributed by atoms with Crippen molar-refractivity contribution in [1.29, 1.82) is 0 Å². The predicted molar refractivity (Wildman–Crippen MR) is 124 cm³/mol. The number of aryl methyl sites for hydroxylation is 1. The number of sulfonamides is 1. The summed E-state index contributed by atoms with van der Waals surface area (Å²) >= 11 is 1.04. The number of carbonyl (C=O) groups excluding carboxylic acids is 1. The zero-order valence-electron chi connectivity index (χ0n) is 18.1. The summed E-state index contributed by atoms with van der Waals surface area (Å²) in [5.74, 6) is 0.968. The van der Waals surface area contributed by atoms with E-state index in [-0.39, 0.29) is 16.3 Å². The Morgan fingerprint density at radius 3 is 2.16 bits per heavy atom. The topological polar surface area (TPSA) is 103 Å². The van der Waals surface area contributed by atoms with E-state index < -0.39 is 15.9 Å². The van der Waals surface area contributed by atoms with E-state index >= 15 is 0 Å². The van der Waals surface area contributed by atoms with Crippen LogP contribution in [-0.2, 0) is 16.6 Å². The summed E-state index contributed by atoms with van der Waals surface area (Å²) in [7, 11) is 0.585. The maximum Gasteiger partial charge on any atom is 0.263 e. The fourth-order valence-electron chi connectivity index (χ4n) is 3.01. The molecule has 0 atom stereocenters. The first-order valence-corrected chi connectivity index (χ1v) is 11.9. The molecule has 0 aliphatic rings. The van der Waals surface area contributed by atoms with Crippen molar-refractivity contribution in [3.63, 3.8) is 0 Å². The van der Waals surface area contributed by atoms with Crippen molar-refractivity contribution in [2.24, 2.45) is 0 Å². The molecule has 0 radical (unpaired) electrons. The van der Waals surface area contributed by atoms with Gasteiger partial charge in [-0.05, 0) is 30.5 Å². The zero-order chi connectivity index (χ0) is 23.3. The van der Waals surface area contributed by atoms with Gasteiger partial charge in [-0.25, -0.2) is 8.42 Å². The van der Waals surface area contributed by atoms with Gasteiger partial charge in [-0.3, -0.25) is 9.52 Å². The summed E-state index contributed by atoms with van der Waals surface area (Å²) in [6.45, 7) is 1.98. The van der Waals surface area contributed by atoms with Crippen LogP contribution in [-0.4, -0.2) is 35.7 Å². The lowest BCUT2D eigenvalue weighted by molar-refractivity contribution is 0.0951. The molecule has 3 aromatic rings. The van der Waals surface area contributed by atoms with Gasteiger partial charge in [0.05, 0.1) is 33.4 Å². The highest BCUT2D eigenvalue weighted by Crippen LogP contribution is 2.34. The summed E-state index contributed by atoms with van der Waals surface area (Å²) in [6, 6.07) is 11.7. The van der Waals surface area contributed by atoms with Gasteiger partial charge in [0, 0.05) is 17.8 Å². The molecule has 10 heteroatoms. The standard InChI is InChI=1S/C22H24N2O6S2/c1-14-5-7-15(8-6-14)24-32(26,27)20-9-10-31-21(20)22(25)23-13-17-18(29-3)11-16(28-2)12-19(17)30-4/h5-12,24H,13H2,1-4H3,(H,23,25). The molecule has 0 saturated heterocycles. The summed E-state index contributed by atoms with van der Waals surface area (Å²) in [5.41, 5.74) is 2.02. The third-order valence-electron chi connectivity index (χ3n) is 4.67. The highest BCUT2D eigenvalue weighted by atomic mass is 32.2. The third kappa shape index (κ3) is 5.14. The van der Waals surface area contributed by atoms with Gasteiger partial charge in [0.2, 0.25) is 0 Å². The fourth-order valence-corrected chi connectivity index (χ4v) is 5.41. The maximum absolute atomic E-state index is 12.9. The first-order valence-electron chi connectivity index (χ1n) is 9.53. The van der Waals surface area contributed by atoms with Crippen molar-refractivity contribution >= 4 is 33.0 Å². The first kappa shape index (κ1) is 23.4. The van der Waals surface area contributed by atoms with Crippen LogP contribution in [0.25, 0.3) is 0 Å². The van der Waals surface area contributed by atoms with Crippen LogP contribution in [0.15, 0.2) is 52.7 Å². The molecule has 0 saturated carbocycles. The molecule has 32 heavy (non-hydrogen) atoms. The molecule has 0 unspecified atom stereocenters. The SMILES string of the molecule is COc1cc(OC)c(CNC(=O)c2sccc2S(=O)(=O)Nc2ccc(C)cc2)c(OC)c1. The minimum absolute atomic E-state index is 0.0674. The van der Waals surface area contributed by atoms with Gasteiger partial charge in [-0.2, -0.15) is 0 Å². The average molecular weight is 477 g/mol. The van der Waals surface area contributed by atoms with Gasteiger partial charge in [0.25, 0.3) is 15.9 Å². The highest BCUT2D eigenvalue weighted by Gasteiger charge is 2.25. The normalized spacial score (nSPS) is 11.0. The molecule has 0 aliphatic carbocycles. The second kappa shape index (κ2) is 9.92. The quantitative estimate of drug-likeness (QED) is 0.487. The van der Waals surface area contributed by atoms with E-state index in [1.165, 1.54) is 27.4 Å². The highest BCUT2D eigenvalue weighted by molar-refractivity contribution is 7.93. The number of hydrogen-bond donors (Lipinski definition) is 2. The minimum Gasteiger partial charge on any atom is -0.496 e. The number of hydrogen-bond acceptors (Lipinski definition) is 7. The van der Waals surface area contributed by atoms with Gasteiger partial charge >= 0.3 is 0 Å². The Hall–Kier alpha value is -3.24. The lowest BCUT2D eigenvalue weighted by Crippen LogP contribution is -2.25. The van der Waals surface area contributed by atoms with E-state index in [1.54, 1.807) is 41.8 Å². The van der Waals surface area contributed by atoms with Gasteiger partial charge in [0.15, 0.2) is 0 Å². The Balaban J connectivity index is 1.81. The molecule has 1 heterocycles. The van der Waals surface area contributed by atoms with Crippen LogP contribution < -0.4 is 24.2 Å². The van der Waals surface area contributed by atoms with Crippen molar-refractivity contribution in [3.8, 4) is 17.2 Å². The number of amides is 1. The van der Waals surface area contributed by atoms with Crippen LogP contribution in [0.5, 0.6) is 17.2 Å². The van der Waals surface area contributed by atoms with E-state index in [2.05, 4.69) is 10.0 Å². The number of nitrogens with one attached hydrogen (secondary N) is 2. The largest absolute Gasteiger partial charge is 0.496 e. The summed E-state index contributed by atoms with van der Waals surface area (Å²) < 4.78 is 44.3. The molecular weight excluding hydrogens is 452 g/mol. The third-order valence-corrected chi connectivity index (χ3v) is 7.14. The number of methoxy groups -OCH3 is 3. The van der Waals surface area contributed by atoms with Crippen molar-refractivity contribution in [3.05, 3.63) is 63.8 Å². The predicted octanol–water partition coefficient (Wildman–Crippen LogP) is 3.81. The number of rotatable bonds is 9. The van der Waals surface area contributed by atoms with Crippen molar-refractivity contribution in [2.45, 2.75) is 18.4 Å². The number of carbonyl (C=O) groups is 1. The molecule has 0 bridgehead atoms. The number of thiophene rings is 1. The number of ether oxygens (including phenoxy) is 3. The van der Waals surface area contributed by atoms with Crippen LogP contribution in [0.4, 0.5) is 5.69 Å². The molecule has 3 rings (SSSR count). The molecule has 2 aromatic carbocycles. The lowest BCUT2D eigenvalue weighted by atomic mass is 10.1. The molecule has 2 N–H and O–H groups in total. The summed E-state index contributed by atoms with van der Waals surface area (Å²) in [4.78, 5) is 12.9. The van der Waals surface area contributed by atoms with E-state index in [9.17, 15) is 13.2 Å². The van der Waals surface area contributed by atoms with E-state index in [4.69, 9.17) is 14.2 Å². The van der Waals surface area contributed by atoms with Crippen LogP contribution in [0.1, 0.15) is 20.8 Å². The second-order valence-corrected chi connectivity index (χ2v) is 9.35. The van der Waals surface area contributed by atoms with Crippen LogP contribution in [0.2, 0.25) is 0 Å². The van der Waals surface area contributed by atoms with Crippen LogP contribution in [0, 0.1) is 6.92 Å². The number of benzene rings is 2. The zero-order valence-corrected chi connectivity index (χ0v) is 19.7. The molecule has 0 aliphatic heterocycles. The molecular formula is C22H24N2O6S2. The fraction of sp³-hybridized carbons (Fsp3) is 0.227. The van der Waals surface area contributed by atoms with Gasteiger partial charge < -0.3 is 19.5 Å². The van der Waals surface area contributed by atoms with Gasteiger partial charge in [0.1, 0.15) is 27.0 Å². The monoisotopic (exact) mass is 476 g/mol.